The van der Waals surface area contributed by atoms with Gasteiger partial charge in [-0.25, -0.2) is 8.42 Å². The fraction of sp³-hybridized carbons (Fsp3) is 0.462. The van der Waals surface area contributed by atoms with Crippen molar-refractivity contribution in [3.05, 3.63) is 29.8 Å². The van der Waals surface area contributed by atoms with Crippen molar-refractivity contribution in [1.82, 2.24) is 4.31 Å². The van der Waals surface area contributed by atoms with Crippen LogP contribution in [0.4, 0.5) is 0 Å². The summed E-state index contributed by atoms with van der Waals surface area (Å²) in [5.74, 6) is 0.382. The zero-order chi connectivity index (χ0) is 14.0. The molecule has 1 aromatic rings. The van der Waals surface area contributed by atoms with Crippen LogP contribution in [-0.2, 0) is 10.0 Å². The van der Waals surface area contributed by atoms with Crippen molar-refractivity contribution in [2.24, 2.45) is 5.92 Å². The van der Waals surface area contributed by atoms with E-state index in [0.29, 0.717) is 24.6 Å². The lowest BCUT2D eigenvalue weighted by molar-refractivity contribution is 0.108. The van der Waals surface area contributed by atoms with E-state index in [4.69, 9.17) is 11.6 Å². The first-order chi connectivity index (χ1) is 8.91. The monoisotopic (exact) mass is 301 g/mol. The lowest BCUT2D eigenvalue weighted by Crippen LogP contribution is -2.39. The van der Waals surface area contributed by atoms with Gasteiger partial charge in [0.05, 0.1) is 4.90 Å². The van der Waals surface area contributed by atoms with Crippen LogP contribution in [0.5, 0.6) is 0 Å². The third kappa shape index (κ3) is 3.16. The van der Waals surface area contributed by atoms with Gasteiger partial charge in [0.1, 0.15) is 0 Å². The Kier molecular flexibility index (Phi) is 4.28. The summed E-state index contributed by atoms with van der Waals surface area (Å²) >= 11 is 5.34. The number of hydrogen-bond acceptors (Lipinski definition) is 3. The molecule has 19 heavy (non-hydrogen) atoms. The molecule has 1 saturated heterocycles. The molecule has 0 spiro atoms. The van der Waals surface area contributed by atoms with Gasteiger partial charge in [0.25, 0.3) is 5.24 Å². The average molecular weight is 302 g/mol. The van der Waals surface area contributed by atoms with Gasteiger partial charge in [-0.1, -0.05) is 6.92 Å². The quantitative estimate of drug-likeness (QED) is 0.806. The summed E-state index contributed by atoms with van der Waals surface area (Å²) in [7, 11) is -3.46. The number of sulfonamides is 1. The summed E-state index contributed by atoms with van der Waals surface area (Å²) in [6.07, 6.45) is 1.95. The van der Waals surface area contributed by atoms with E-state index in [0.717, 1.165) is 12.8 Å². The Morgan fingerprint density at radius 1 is 1.32 bits per heavy atom. The summed E-state index contributed by atoms with van der Waals surface area (Å²) in [4.78, 5) is 11.2. The highest BCUT2D eigenvalue weighted by atomic mass is 35.5. The van der Waals surface area contributed by atoms with Crippen molar-refractivity contribution in [3.63, 3.8) is 0 Å². The highest BCUT2D eigenvalue weighted by Gasteiger charge is 2.28. The second-order valence-electron chi connectivity index (χ2n) is 4.91. The summed E-state index contributed by atoms with van der Waals surface area (Å²) in [5, 5.41) is -0.587. The summed E-state index contributed by atoms with van der Waals surface area (Å²) < 4.78 is 26.4. The molecule has 1 aliphatic heterocycles. The number of benzene rings is 1. The van der Waals surface area contributed by atoms with Crippen LogP contribution in [0.25, 0.3) is 0 Å². The highest BCUT2D eigenvalue weighted by Crippen LogP contribution is 2.23. The molecule has 1 aliphatic rings. The Balaban J connectivity index is 2.26. The third-order valence-electron chi connectivity index (χ3n) is 3.34. The fourth-order valence-electron chi connectivity index (χ4n) is 2.27. The van der Waals surface area contributed by atoms with E-state index in [1.165, 1.54) is 28.6 Å². The fourth-order valence-corrected chi connectivity index (χ4v) is 4.00. The zero-order valence-electron chi connectivity index (χ0n) is 10.7. The molecular weight excluding hydrogens is 286 g/mol. The highest BCUT2D eigenvalue weighted by molar-refractivity contribution is 7.89. The van der Waals surface area contributed by atoms with Gasteiger partial charge in [-0.05, 0) is 54.6 Å². The first-order valence-electron chi connectivity index (χ1n) is 6.21. The number of carbonyl (C=O) groups excluding carboxylic acids is 1. The Morgan fingerprint density at radius 2 is 1.95 bits per heavy atom. The minimum Gasteiger partial charge on any atom is -0.276 e. The van der Waals surface area contributed by atoms with Crippen LogP contribution in [0, 0.1) is 5.92 Å². The first kappa shape index (κ1) is 14.5. The molecule has 0 amide bonds. The van der Waals surface area contributed by atoms with Crippen molar-refractivity contribution >= 4 is 26.9 Å². The molecule has 0 aliphatic carbocycles. The van der Waals surface area contributed by atoms with Crippen LogP contribution in [0.1, 0.15) is 30.1 Å². The lowest BCUT2D eigenvalue weighted by Gasteiger charge is -2.30. The van der Waals surface area contributed by atoms with Crippen LogP contribution in [0.2, 0.25) is 0 Å². The second kappa shape index (κ2) is 5.61. The predicted octanol–water partition coefficient (Wildman–Crippen LogP) is 2.49. The van der Waals surface area contributed by atoms with Crippen molar-refractivity contribution < 1.29 is 13.2 Å². The van der Waals surface area contributed by atoms with E-state index < -0.39 is 15.3 Å². The normalized spacial score (nSPS) is 21.3. The van der Waals surface area contributed by atoms with Crippen molar-refractivity contribution in [3.8, 4) is 0 Å². The number of piperidine rings is 1. The second-order valence-corrected chi connectivity index (χ2v) is 7.19. The average Bonchev–Trinajstić information content (AvgIpc) is 2.39. The van der Waals surface area contributed by atoms with Gasteiger partial charge in [-0.2, -0.15) is 4.31 Å². The molecule has 1 fully saturated rings. The standard InChI is InChI=1S/C13H16ClNO3S/c1-10-3-2-8-15(9-10)19(17,18)12-6-4-11(5-7-12)13(14)16/h4-7,10H,2-3,8-9H2,1H3. The Labute approximate surface area is 118 Å². The summed E-state index contributed by atoms with van der Waals surface area (Å²) in [6, 6.07) is 5.75. The van der Waals surface area contributed by atoms with E-state index in [1.54, 1.807) is 0 Å². The molecule has 1 heterocycles. The molecule has 0 bridgehead atoms. The summed E-state index contributed by atoms with van der Waals surface area (Å²) in [6.45, 7) is 3.17. The third-order valence-corrected chi connectivity index (χ3v) is 5.44. The maximum Gasteiger partial charge on any atom is 0.252 e. The van der Waals surface area contributed by atoms with Crippen LogP contribution >= 0.6 is 11.6 Å². The molecule has 1 unspecified atom stereocenters. The Bertz CT molecular complexity index is 568. The number of halogens is 1. The largest absolute Gasteiger partial charge is 0.276 e. The maximum absolute atomic E-state index is 12.4. The number of rotatable bonds is 3. The summed E-state index contributed by atoms with van der Waals surface area (Å²) in [5.41, 5.74) is 0.299. The van der Waals surface area contributed by atoms with Gasteiger partial charge >= 0.3 is 0 Å². The topological polar surface area (TPSA) is 54.5 Å². The van der Waals surface area contributed by atoms with Crippen molar-refractivity contribution in [1.29, 1.82) is 0 Å². The van der Waals surface area contributed by atoms with Crippen molar-refractivity contribution in [2.75, 3.05) is 13.1 Å². The van der Waals surface area contributed by atoms with E-state index in [2.05, 4.69) is 6.92 Å². The maximum atomic E-state index is 12.4. The van der Waals surface area contributed by atoms with E-state index in [-0.39, 0.29) is 4.90 Å². The molecule has 0 aromatic heterocycles. The van der Waals surface area contributed by atoms with E-state index in [9.17, 15) is 13.2 Å². The number of nitrogens with zero attached hydrogens (tertiary/aromatic N) is 1. The molecule has 6 heteroatoms. The van der Waals surface area contributed by atoms with Gasteiger partial charge in [-0.3, -0.25) is 4.79 Å². The SMILES string of the molecule is CC1CCCN(S(=O)(=O)c2ccc(C(=O)Cl)cc2)C1. The molecule has 1 aromatic carbocycles. The van der Waals surface area contributed by atoms with Crippen LogP contribution in [-0.4, -0.2) is 31.1 Å². The van der Waals surface area contributed by atoms with Gasteiger partial charge < -0.3 is 0 Å². The molecule has 0 N–H and O–H groups in total. The minimum atomic E-state index is -3.46. The molecule has 0 saturated carbocycles. The minimum absolute atomic E-state index is 0.211. The van der Waals surface area contributed by atoms with Gasteiger partial charge in [-0.15, -0.1) is 0 Å². The lowest BCUT2D eigenvalue weighted by atomic mass is 10.0. The first-order valence-corrected chi connectivity index (χ1v) is 8.03. The van der Waals surface area contributed by atoms with Crippen LogP contribution in [0.15, 0.2) is 29.2 Å². The number of hydrogen-bond donors (Lipinski definition) is 0. The zero-order valence-corrected chi connectivity index (χ0v) is 12.2. The van der Waals surface area contributed by atoms with Crippen LogP contribution < -0.4 is 0 Å². The molecule has 1 atom stereocenters. The van der Waals surface area contributed by atoms with Gasteiger partial charge in [0, 0.05) is 18.7 Å². The van der Waals surface area contributed by atoms with E-state index in [1.807, 2.05) is 0 Å². The number of carbonyl (C=O) groups is 1. The van der Waals surface area contributed by atoms with Crippen LogP contribution in [0.3, 0.4) is 0 Å². The molecule has 0 radical (unpaired) electrons. The Morgan fingerprint density at radius 3 is 2.47 bits per heavy atom. The molecule has 4 nitrogen and oxygen atoms in total. The Hall–Kier alpha value is -0.910. The van der Waals surface area contributed by atoms with Gasteiger partial charge in [0.15, 0.2) is 0 Å². The van der Waals surface area contributed by atoms with E-state index >= 15 is 0 Å². The predicted molar refractivity (Wildman–Crippen MR) is 73.8 cm³/mol. The van der Waals surface area contributed by atoms with Gasteiger partial charge in [0.2, 0.25) is 10.0 Å². The smallest absolute Gasteiger partial charge is 0.252 e. The molecule has 2 rings (SSSR count). The molecular formula is C13H16ClNO3S. The van der Waals surface area contributed by atoms with Crippen molar-refractivity contribution in [2.45, 2.75) is 24.7 Å². The molecule has 104 valence electrons.